The number of ether oxygens (including phenoxy) is 1. The van der Waals surface area contributed by atoms with Crippen LogP contribution in [0.15, 0.2) is 78.9 Å². The van der Waals surface area contributed by atoms with E-state index in [1.807, 2.05) is 12.2 Å². The first-order valence-corrected chi connectivity index (χ1v) is 10.7. The molecule has 0 radical (unpaired) electrons. The molecule has 6 nitrogen and oxygen atoms in total. The second kappa shape index (κ2) is 8.41. The Labute approximate surface area is 195 Å². The smallest absolute Gasteiger partial charge is 0.135 e. The lowest BCUT2D eigenvalue weighted by atomic mass is 9.82. The largest absolute Gasteiger partial charge is 0.508 e. The summed E-state index contributed by atoms with van der Waals surface area (Å²) in [5, 5.41) is 50.0. The minimum absolute atomic E-state index is 0.0352. The minimum atomic E-state index is -0.528. The fourth-order valence-electron chi connectivity index (χ4n) is 4.39. The number of benzene rings is 4. The molecule has 5 N–H and O–H groups in total. The molecule has 2 atom stereocenters. The summed E-state index contributed by atoms with van der Waals surface area (Å²) in [7, 11) is 0. The summed E-state index contributed by atoms with van der Waals surface area (Å²) < 4.78 is 6.30. The Morgan fingerprint density at radius 3 is 1.79 bits per heavy atom. The monoisotopic (exact) mass is 454 g/mol. The molecule has 0 fully saturated rings. The van der Waals surface area contributed by atoms with Crippen LogP contribution in [0.1, 0.15) is 39.8 Å². The van der Waals surface area contributed by atoms with Gasteiger partial charge in [0.2, 0.25) is 0 Å². The molecular formula is C28H22O6. The third kappa shape index (κ3) is 4.09. The maximum Gasteiger partial charge on any atom is 0.135 e. The molecule has 1 aliphatic heterocycles. The molecule has 0 bridgehead atoms. The first kappa shape index (κ1) is 21.3. The molecule has 0 saturated heterocycles. The second-order valence-corrected chi connectivity index (χ2v) is 8.26. The molecule has 0 amide bonds. The number of phenols is 5. The van der Waals surface area contributed by atoms with Gasteiger partial charge in [-0.3, -0.25) is 0 Å². The van der Waals surface area contributed by atoms with E-state index >= 15 is 0 Å². The Morgan fingerprint density at radius 1 is 0.559 bits per heavy atom. The van der Waals surface area contributed by atoms with Crippen LogP contribution in [-0.4, -0.2) is 25.5 Å². The predicted molar refractivity (Wildman–Crippen MR) is 128 cm³/mol. The van der Waals surface area contributed by atoms with Crippen molar-refractivity contribution in [1.82, 2.24) is 0 Å². The molecule has 5 rings (SSSR count). The molecule has 0 spiro atoms. The van der Waals surface area contributed by atoms with E-state index in [9.17, 15) is 25.5 Å². The van der Waals surface area contributed by atoms with Crippen molar-refractivity contribution in [2.75, 3.05) is 0 Å². The van der Waals surface area contributed by atoms with E-state index in [0.29, 0.717) is 16.9 Å². The zero-order valence-corrected chi connectivity index (χ0v) is 18.0. The standard InChI is InChI=1S/C28H22O6/c29-20-7-2-16(3-8-20)1-4-18-11-24(33)15-25-26(18)27(19-12-22(31)14-23(32)13-19)28(34-25)17-5-9-21(30)10-6-17/h1-15,27-33H/b4-1-/t27-,28-/m1/s1. The highest BCUT2D eigenvalue weighted by molar-refractivity contribution is 5.75. The van der Waals surface area contributed by atoms with Crippen LogP contribution in [0.2, 0.25) is 0 Å². The summed E-state index contributed by atoms with van der Waals surface area (Å²) in [6.45, 7) is 0. The van der Waals surface area contributed by atoms with E-state index in [4.69, 9.17) is 4.74 Å². The normalized spacial score (nSPS) is 16.9. The molecule has 0 unspecified atom stereocenters. The molecule has 34 heavy (non-hydrogen) atoms. The Hall–Kier alpha value is -4.58. The average molecular weight is 454 g/mol. The van der Waals surface area contributed by atoms with Gasteiger partial charge in [-0.15, -0.1) is 0 Å². The average Bonchev–Trinajstić information content (AvgIpc) is 3.17. The van der Waals surface area contributed by atoms with Crippen LogP contribution in [0, 0.1) is 0 Å². The molecule has 170 valence electrons. The number of fused-ring (bicyclic) bond motifs is 1. The zero-order valence-electron chi connectivity index (χ0n) is 18.0. The highest BCUT2D eigenvalue weighted by Crippen LogP contribution is 2.53. The Bertz CT molecular complexity index is 1350. The van der Waals surface area contributed by atoms with Gasteiger partial charge in [0.15, 0.2) is 0 Å². The van der Waals surface area contributed by atoms with Crippen LogP contribution in [-0.2, 0) is 0 Å². The van der Waals surface area contributed by atoms with Gasteiger partial charge in [-0.05, 0) is 64.7 Å². The summed E-state index contributed by atoms with van der Waals surface area (Å²) in [6.07, 6.45) is 3.18. The highest BCUT2D eigenvalue weighted by Gasteiger charge is 2.39. The number of hydrogen-bond donors (Lipinski definition) is 5. The van der Waals surface area contributed by atoms with Crippen molar-refractivity contribution in [3.8, 4) is 34.5 Å². The lowest BCUT2D eigenvalue weighted by molar-refractivity contribution is 0.221. The molecule has 1 aliphatic rings. The molecule has 0 aliphatic carbocycles. The third-order valence-electron chi connectivity index (χ3n) is 5.88. The van der Waals surface area contributed by atoms with Gasteiger partial charge >= 0.3 is 0 Å². The number of rotatable bonds is 4. The molecule has 6 heteroatoms. The molecule has 4 aromatic rings. The first-order chi connectivity index (χ1) is 16.4. The first-order valence-electron chi connectivity index (χ1n) is 10.7. The maximum atomic E-state index is 10.4. The van der Waals surface area contributed by atoms with Crippen molar-refractivity contribution >= 4 is 12.2 Å². The van der Waals surface area contributed by atoms with E-state index < -0.39 is 12.0 Å². The number of phenolic OH excluding ortho intramolecular Hbond substituents is 5. The van der Waals surface area contributed by atoms with E-state index in [2.05, 4.69) is 0 Å². The Morgan fingerprint density at radius 2 is 1.15 bits per heavy atom. The fourth-order valence-corrected chi connectivity index (χ4v) is 4.39. The van der Waals surface area contributed by atoms with Crippen molar-refractivity contribution < 1.29 is 30.3 Å². The van der Waals surface area contributed by atoms with E-state index in [1.165, 1.54) is 6.07 Å². The van der Waals surface area contributed by atoms with Gasteiger partial charge in [-0.25, -0.2) is 0 Å². The Balaban J connectivity index is 1.67. The van der Waals surface area contributed by atoms with E-state index in [1.54, 1.807) is 72.8 Å². The van der Waals surface area contributed by atoms with Crippen LogP contribution in [0.5, 0.6) is 34.5 Å². The van der Waals surface area contributed by atoms with Gasteiger partial charge in [0, 0.05) is 17.7 Å². The molecule has 1 heterocycles. The van der Waals surface area contributed by atoms with Crippen molar-refractivity contribution in [3.05, 3.63) is 107 Å². The number of hydrogen-bond acceptors (Lipinski definition) is 6. The summed E-state index contributed by atoms with van der Waals surface area (Å²) in [6, 6.07) is 21.0. The van der Waals surface area contributed by atoms with Crippen LogP contribution < -0.4 is 4.74 Å². The minimum Gasteiger partial charge on any atom is -0.508 e. The van der Waals surface area contributed by atoms with Crippen molar-refractivity contribution in [3.63, 3.8) is 0 Å². The van der Waals surface area contributed by atoms with Crippen molar-refractivity contribution in [2.45, 2.75) is 12.0 Å². The SMILES string of the molecule is Oc1ccc(/C=C\c2cc(O)cc3c2[C@@H](c2cc(O)cc(O)c2)[C@@H](c2ccc(O)cc2)O3)cc1. The van der Waals surface area contributed by atoms with Crippen LogP contribution in [0.4, 0.5) is 0 Å². The summed E-state index contributed by atoms with van der Waals surface area (Å²) in [5.41, 5.74) is 3.78. The maximum absolute atomic E-state index is 10.4. The van der Waals surface area contributed by atoms with Gasteiger partial charge in [0.1, 0.15) is 40.6 Å². The van der Waals surface area contributed by atoms with Crippen LogP contribution in [0.3, 0.4) is 0 Å². The topological polar surface area (TPSA) is 110 Å². The van der Waals surface area contributed by atoms with Crippen molar-refractivity contribution in [1.29, 1.82) is 0 Å². The van der Waals surface area contributed by atoms with Crippen LogP contribution in [0.25, 0.3) is 12.2 Å². The number of aromatic hydroxyl groups is 5. The summed E-state index contributed by atoms with van der Waals surface area (Å²) in [4.78, 5) is 0. The Kier molecular flexibility index (Phi) is 5.26. The summed E-state index contributed by atoms with van der Waals surface area (Å²) in [5.74, 6) is 0.243. The van der Waals surface area contributed by atoms with Crippen LogP contribution >= 0.6 is 0 Å². The molecule has 0 aromatic heterocycles. The summed E-state index contributed by atoms with van der Waals surface area (Å²) >= 11 is 0. The highest BCUT2D eigenvalue weighted by atomic mass is 16.5. The van der Waals surface area contributed by atoms with Gasteiger partial charge < -0.3 is 30.3 Å². The zero-order chi connectivity index (χ0) is 23.8. The molecular weight excluding hydrogens is 432 g/mol. The van der Waals surface area contributed by atoms with Crippen molar-refractivity contribution in [2.24, 2.45) is 0 Å². The van der Waals surface area contributed by atoms with Gasteiger partial charge in [0.25, 0.3) is 0 Å². The third-order valence-corrected chi connectivity index (χ3v) is 5.88. The van der Waals surface area contributed by atoms with E-state index in [-0.39, 0.29) is 28.7 Å². The fraction of sp³-hybridized carbons (Fsp3) is 0.0714. The lowest BCUT2D eigenvalue weighted by Gasteiger charge is -2.21. The molecule has 4 aromatic carbocycles. The van der Waals surface area contributed by atoms with Gasteiger partial charge in [-0.1, -0.05) is 36.4 Å². The molecule has 0 saturated carbocycles. The quantitative estimate of drug-likeness (QED) is 0.255. The van der Waals surface area contributed by atoms with E-state index in [0.717, 1.165) is 16.7 Å². The van der Waals surface area contributed by atoms with Gasteiger partial charge in [0.05, 0.1) is 5.92 Å². The predicted octanol–water partition coefficient (Wildman–Crippen LogP) is 5.65. The second-order valence-electron chi connectivity index (χ2n) is 8.26. The van der Waals surface area contributed by atoms with Gasteiger partial charge in [-0.2, -0.15) is 0 Å². The lowest BCUT2D eigenvalue weighted by Crippen LogP contribution is -2.11.